The molecule has 0 aromatic carbocycles. The Morgan fingerprint density at radius 1 is 0.889 bits per heavy atom. The third kappa shape index (κ3) is 3.86. The van der Waals surface area contributed by atoms with Crippen molar-refractivity contribution in [1.29, 1.82) is 0 Å². The minimum atomic E-state index is -10.7. The van der Waals surface area contributed by atoms with Crippen molar-refractivity contribution in [3.05, 3.63) is 11.2 Å². The topological polar surface area (TPSA) is 26.3 Å². The number of esters is 1. The van der Waals surface area contributed by atoms with E-state index < -0.39 is 42.8 Å². The highest BCUT2D eigenvalue weighted by atomic mass is 32.5. The Balaban J connectivity index is 3.38. The molecule has 0 aromatic rings. The molecule has 0 spiro atoms. The second kappa shape index (κ2) is 2.32. The Kier molecular flexibility index (Phi) is 1.97. The molecule has 1 unspecified atom stereocenters. The van der Waals surface area contributed by atoms with Gasteiger partial charge < -0.3 is 4.74 Å². The molecule has 0 saturated carbocycles. The zero-order chi connectivity index (χ0) is 15.0. The summed E-state index contributed by atoms with van der Waals surface area (Å²) in [6.07, 6.45) is 0. The van der Waals surface area contributed by atoms with Crippen LogP contribution in [0, 0.1) is 0 Å². The van der Waals surface area contributed by atoms with Gasteiger partial charge in [0.05, 0.1) is 0 Å². The number of hydrogen-bond acceptors (Lipinski definition) is 2. The molecule has 18 heavy (non-hydrogen) atoms. The highest BCUT2D eigenvalue weighted by Gasteiger charge is 2.80. The summed E-state index contributed by atoms with van der Waals surface area (Å²) >= 11 is 0. The summed E-state index contributed by atoms with van der Waals surface area (Å²) in [7, 11) is -21.3. The molecule has 0 N–H and O–H groups in total. The number of cyclic esters (lactones) is 1. The van der Waals surface area contributed by atoms with E-state index in [1.165, 1.54) is 0 Å². The standard InChI is InChI=1S/C4H2F10O2S2/c5-17(6,7,8,9)1-2-3(4(15)16-2)18(10,11,12,13)14/h1,3H/b2-1-. The fraction of sp³-hybridized carbons (Fsp3) is 0.250. The van der Waals surface area contributed by atoms with Gasteiger partial charge in [0.15, 0.2) is 5.76 Å². The van der Waals surface area contributed by atoms with E-state index in [9.17, 15) is 43.7 Å². The van der Waals surface area contributed by atoms with E-state index in [0.717, 1.165) is 0 Å². The predicted molar refractivity (Wildman–Crippen MR) is 44.2 cm³/mol. The summed E-state index contributed by atoms with van der Waals surface area (Å²) in [5.74, 6) is -5.61. The minimum Gasteiger partial charge on any atom is -0.427 e. The summed E-state index contributed by atoms with van der Waals surface area (Å²) in [5.41, 5.74) is 0. The molecule has 0 bridgehead atoms. The molecule has 0 radical (unpaired) electrons. The summed E-state index contributed by atoms with van der Waals surface area (Å²) < 4.78 is 122. The van der Waals surface area contributed by atoms with Crippen molar-refractivity contribution in [2.75, 3.05) is 0 Å². The maximum atomic E-state index is 12.0. The Morgan fingerprint density at radius 2 is 1.28 bits per heavy atom. The fourth-order valence-corrected chi connectivity index (χ4v) is 2.66. The first kappa shape index (κ1) is 15.3. The van der Waals surface area contributed by atoms with Crippen LogP contribution in [-0.4, -0.2) is 11.2 Å². The van der Waals surface area contributed by atoms with E-state index in [2.05, 4.69) is 4.74 Å². The van der Waals surface area contributed by atoms with Crippen molar-refractivity contribution >= 4 is 26.4 Å². The highest BCUT2D eigenvalue weighted by Crippen LogP contribution is 3.04. The van der Waals surface area contributed by atoms with Crippen LogP contribution in [0.15, 0.2) is 11.2 Å². The molecule has 1 fully saturated rings. The van der Waals surface area contributed by atoms with Gasteiger partial charge in [0.2, 0.25) is 0 Å². The van der Waals surface area contributed by atoms with Crippen molar-refractivity contribution < 1.29 is 48.4 Å². The Hall–Kier alpha value is -0.790. The van der Waals surface area contributed by atoms with Gasteiger partial charge in [-0.15, -0.1) is 0 Å². The molecule has 0 aromatic heterocycles. The van der Waals surface area contributed by atoms with Crippen LogP contribution in [0.2, 0.25) is 0 Å². The Bertz CT molecular complexity index is 466. The van der Waals surface area contributed by atoms with Crippen molar-refractivity contribution in [3.8, 4) is 0 Å². The van der Waals surface area contributed by atoms with Crippen molar-refractivity contribution in [1.82, 2.24) is 0 Å². The van der Waals surface area contributed by atoms with E-state index in [0.29, 0.717) is 0 Å². The summed E-state index contributed by atoms with van der Waals surface area (Å²) in [5, 5.41) is -6.88. The monoisotopic (exact) mass is 336 g/mol. The van der Waals surface area contributed by atoms with Crippen LogP contribution in [-0.2, 0) is 9.53 Å². The predicted octanol–water partition coefficient (Wildman–Crippen LogP) is 5.35. The maximum Gasteiger partial charge on any atom is 0.341 e. The number of rotatable bonds is 2. The van der Waals surface area contributed by atoms with Crippen LogP contribution in [0.1, 0.15) is 0 Å². The highest BCUT2D eigenvalue weighted by molar-refractivity contribution is 8.48. The molecule has 112 valence electrons. The number of carbonyl (C=O) groups is 1. The number of halogens is 10. The first-order chi connectivity index (χ1) is 7.08. The van der Waals surface area contributed by atoms with Crippen LogP contribution in [0.25, 0.3) is 0 Å². The summed E-state index contributed by atoms with van der Waals surface area (Å²) in [6.45, 7) is 0. The van der Waals surface area contributed by atoms with E-state index in [1.807, 2.05) is 0 Å². The lowest BCUT2D eigenvalue weighted by Crippen LogP contribution is -2.46. The van der Waals surface area contributed by atoms with Crippen LogP contribution in [0.5, 0.6) is 0 Å². The van der Waals surface area contributed by atoms with E-state index in [-0.39, 0.29) is 0 Å². The van der Waals surface area contributed by atoms with Crippen molar-refractivity contribution in [3.63, 3.8) is 0 Å². The quantitative estimate of drug-likeness (QED) is 0.502. The fourth-order valence-electron chi connectivity index (χ4n) is 0.988. The number of ether oxygens (including phenoxy) is 1. The van der Waals surface area contributed by atoms with E-state index in [4.69, 9.17) is 0 Å². The first-order valence-corrected chi connectivity index (χ1v) is 7.52. The van der Waals surface area contributed by atoms with Crippen LogP contribution in [0.4, 0.5) is 38.9 Å². The third-order valence-electron chi connectivity index (χ3n) is 1.48. The summed E-state index contributed by atoms with van der Waals surface area (Å²) in [4.78, 5) is 10.2. The van der Waals surface area contributed by atoms with Gasteiger partial charge in [-0.25, -0.2) is 4.79 Å². The molecular formula is C4H2F10O2S2. The second-order valence-electron chi connectivity index (χ2n) is 3.38. The largest absolute Gasteiger partial charge is 0.427 e. The third-order valence-corrected chi connectivity index (χ3v) is 3.47. The smallest absolute Gasteiger partial charge is 0.341 e. The lowest BCUT2D eigenvalue weighted by molar-refractivity contribution is -0.148. The Morgan fingerprint density at radius 3 is 1.50 bits per heavy atom. The molecule has 0 aliphatic carbocycles. The van der Waals surface area contributed by atoms with E-state index >= 15 is 0 Å². The lowest BCUT2D eigenvalue weighted by Gasteiger charge is -2.50. The Labute approximate surface area is 92.0 Å². The van der Waals surface area contributed by atoms with Crippen molar-refractivity contribution in [2.45, 2.75) is 5.25 Å². The van der Waals surface area contributed by atoms with Crippen LogP contribution in [0.3, 0.4) is 0 Å². The maximum absolute atomic E-state index is 12.0. The van der Waals surface area contributed by atoms with Crippen LogP contribution < -0.4 is 0 Å². The molecule has 1 heterocycles. The van der Waals surface area contributed by atoms with E-state index in [1.54, 1.807) is 0 Å². The van der Waals surface area contributed by atoms with Gasteiger partial charge in [-0.3, -0.25) is 0 Å². The van der Waals surface area contributed by atoms with Gasteiger partial charge in [0, 0.05) is 0 Å². The molecule has 2 nitrogen and oxygen atoms in total. The first-order valence-electron chi connectivity index (χ1n) is 3.49. The van der Waals surface area contributed by atoms with Gasteiger partial charge in [-0.2, -0.15) is 0 Å². The van der Waals surface area contributed by atoms with Gasteiger partial charge >= 0.3 is 26.4 Å². The average Bonchev–Trinajstić information content (AvgIpc) is 1.68. The van der Waals surface area contributed by atoms with Gasteiger partial charge in [0.25, 0.3) is 5.25 Å². The van der Waals surface area contributed by atoms with Gasteiger partial charge in [0.1, 0.15) is 5.41 Å². The molecular weight excluding hydrogens is 334 g/mol. The lowest BCUT2D eigenvalue weighted by atomic mass is 10.3. The van der Waals surface area contributed by atoms with Crippen molar-refractivity contribution in [2.24, 2.45) is 0 Å². The minimum absolute atomic E-state index is 2.29. The van der Waals surface area contributed by atoms with Crippen LogP contribution >= 0.6 is 20.4 Å². The molecule has 1 rings (SSSR count). The SMILES string of the molecule is O=C1O/C(=C\S(F)(F)(F)(F)F)C1S(F)(F)(F)(F)F. The molecule has 1 atom stereocenters. The number of hydrogen-bond donors (Lipinski definition) is 0. The molecule has 14 heteroatoms. The molecule has 0 amide bonds. The number of carbonyl (C=O) groups excluding carboxylic acids is 1. The zero-order valence-electron chi connectivity index (χ0n) is 7.57. The molecule has 1 saturated heterocycles. The zero-order valence-corrected chi connectivity index (χ0v) is 9.20. The average molecular weight is 336 g/mol. The molecule has 1 aliphatic rings. The normalized spacial score (nSPS) is 31.6. The summed E-state index contributed by atoms with van der Waals surface area (Å²) in [6, 6.07) is 0. The van der Waals surface area contributed by atoms with Gasteiger partial charge in [-0.1, -0.05) is 38.9 Å². The molecule has 1 aliphatic heterocycles. The van der Waals surface area contributed by atoms with Gasteiger partial charge in [-0.05, 0) is 0 Å². The second-order valence-corrected chi connectivity index (χ2v) is 8.20.